The van der Waals surface area contributed by atoms with E-state index < -0.39 is 6.09 Å². The number of nitrogens with zero attached hydrogens (tertiary/aromatic N) is 1. The predicted molar refractivity (Wildman–Crippen MR) is 67.4 cm³/mol. The van der Waals surface area contributed by atoms with E-state index in [1.54, 1.807) is 0 Å². The highest BCUT2D eigenvalue weighted by Crippen LogP contribution is 2.20. The Balaban J connectivity index is 1.89. The summed E-state index contributed by atoms with van der Waals surface area (Å²) in [5.74, 6) is 0.769. The van der Waals surface area contributed by atoms with E-state index in [4.69, 9.17) is 9.84 Å². The zero-order valence-corrected chi connectivity index (χ0v) is 10.9. The largest absolute Gasteiger partial charge is 0.491 e. The van der Waals surface area contributed by atoms with Crippen LogP contribution in [0.1, 0.15) is 12.8 Å². The van der Waals surface area contributed by atoms with Gasteiger partial charge < -0.3 is 14.7 Å². The number of likely N-dealkylation sites (tertiary alicyclic amines) is 1. The van der Waals surface area contributed by atoms with Gasteiger partial charge in [-0.25, -0.2) is 4.79 Å². The number of carboxylic acid groups (broad SMARTS) is 1. The van der Waals surface area contributed by atoms with Crippen LogP contribution in [0.5, 0.6) is 5.75 Å². The monoisotopic (exact) mass is 299 g/mol. The fraction of sp³-hybridized carbons (Fsp3) is 0.417. The minimum Gasteiger partial charge on any atom is -0.491 e. The highest BCUT2D eigenvalue weighted by molar-refractivity contribution is 9.10. The van der Waals surface area contributed by atoms with Crippen molar-refractivity contribution in [3.63, 3.8) is 0 Å². The summed E-state index contributed by atoms with van der Waals surface area (Å²) >= 11 is 3.35. The van der Waals surface area contributed by atoms with E-state index in [0.29, 0.717) is 13.2 Å². The van der Waals surface area contributed by atoms with E-state index in [9.17, 15) is 4.79 Å². The first-order valence-electron chi connectivity index (χ1n) is 5.55. The van der Waals surface area contributed by atoms with Crippen LogP contribution in [-0.4, -0.2) is 35.3 Å². The standard InChI is InChI=1S/C12H14BrNO3/c13-9-3-5-11(6-4-9)17-8-10-2-1-7-14(10)12(15)16/h3-6,10H,1-2,7-8H2,(H,15,16)/t10-/m0/s1. The van der Waals surface area contributed by atoms with E-state index in [1.807, 2.05) is 24.3 Å². The third-order valence-electron chi connectivity index (χ3n) is 2.88. The van der Waals surface area contributed by atoms with Crippen molar-refractivity contribution in [3.8, 4) is 5.75 Å². The second kappa shape index (κ2) is 5.40. The van der Waals surface area contributed by atoms with Crippen molar-refractivity contribution < 1.29 is 14.6 Å². The highest BCUT2D eigenvalue weighted by Gasteiger charge is 2.28. The van der Waals surface area contributed by atoms with Crippen molar-refractivity contribution in [1.82, 2.24) is 4.90 Å². The molecule has 1 amide bonds. The summed E-state index contributed by atoms with van der Waals surface area (Å²) in [5, 5.41) is 8.98. The van der Waals surface area contributed by atoms with Gasteiger partial charge in [-0.1, -0.05) is 15.9 Å². The number of hydrogen-bond donors (Lipinski definition) is 1. The van der Waals surface area contributed by atoms with E-state index in [1.165, 1.54) is 4.90 Å². The molecule has 1 atom stereocenters. The van der Waals surface area contributed by atoms with Crippen LogP contribution in [0.25, 0.3) is 0 Å². The topological polar surface area (TPSA) is 49.8 Å². The van der Waals surface area contributed by atoms with Crippen molar-refractivity contribution in [2.45, 2.75) is 18.9 Å². The van der Waals surface area contributed by atoms with Crippen molar-refractivity contribution in [2.75, 3.05) is 13.2 Å². The van der Waals surface area contributed by atoms with Crippen molar-refractivity contribution in [1.29, 1.82) is 0 Å². The summed E-state index contributed by atoms with van der Waals surface area (Å²) in [6.45, 7) is 1.04. The van der Waals surface area contributed by atoms with Crippen LogP contribution in [0.4, 0.5) is 4.79 Å². The van der Waals surface area contributed by atoms with Gasteiger partial charge in [-0.3, -0.25) is 0 Å². The number of carbonyl (C=O) groups is 1. The lowest BCUT2D eigenvalue weighted by molar-refractivity contribution is 0.123. The van der Waals surface area contributed by atoms with Crippen LogP contribution in [0.3, 0.4) is 0 Å². The van der Waals surface area contributed by atoms with E-state index >= 15 is 0 Å². The Morgan fingerprint density at radius 2 is 2.18 bits per heavy atom. The van der Waals surface area contributed by atoms with Crippen LogP contribution in [0, 0.1) is 0 Å². The second-order valence-electron chi connectivity index (χ2n) is 4.04. The molecule has 4 nitrogen and oxygen atoms in total. The Kier molecular flexibility index (Phi) is 3.89. The van der Waals surface area contributed by atoms with Gasteiger partial charge in [0.25, 0.3) is 0 Å². The molecule has 17 heavy (non-hydrogen) atoms. The number of halogens is 1. The molecule has 0 bridgehead atoms. The highest BCUT2D eigenvalue weighted by atomic mass is 79.9. The molecule has 1 aliphatic rings. The minimum atomic E-state index is -0.855. The van der Waals surface area contributed by atoms with Gasteiger partial charge in [0.15, 0.2) is 0 Å². The molecule has 0 radical (unpaired) electrons. The number of rotatable bonds is 3. The first-order chi connectivity index (χ1) is 8.16. The smallest absolute Gasteiger partial charge is 0.407 e. The quantitative estimate of drug-likeness (QED) is 0.933. The molecular weight excluding hydrogens is 286 g/mol. The average molecular weight is 300 g/mol. The Bertz CT molecular complexity index is 393. The summed E-state index contributed by atoms with van der Waals surface area (Å²) in [4.78, 5) is 12.4. The van der Waals surface area contributed by atoms with Gasteiger partial charge in [-0.2, -0.15) is 0 Å². The summed E-state index contributed by atoms with van der Waals surface area (Å²) in [6.07, 6.45) is 0.940. The Hall–Kier alpha value is -1.23. The molecule has 1 aromatic carbocycles. The zero-order valence-electron chi connectivity index (χ0n) is 9.30. The molecule has 1 aromatic rings. The van der Waals surface area contributed by atoms with Crippen LogP contribution in [0.15, 0.2) is 28.7 Å². The van der Waals surface area contributed by atoms with Gasteiger partial charge in [-0.05, 0) is 37.1 Å². The summed E-state index contributed by atoms with van der Waals surface area (Å²) < 4.78 is 6.60. The molecule has 0 unspecified atom stereocenters. The lowest BCUT2D eigenvalue weighted by Gasteiger charge is -2.21. The molecule has 0 spiro atoms. The van der Waals surface area contributed by atoms with Crippen LogP contribution in [0.2, 0.25) is 0 Å². The maximum Gasteiger partial charge on any atom is 0.407 e. The zero-order chi connectivity index (χ0) is 12.3. The number of benzene rings is 1. The molecule has 1 saturated heterocycles. The summed E-state index contributed by atoms with van der Waals surface area (Å²) in [6, 6.07) is 7.52. The normalized spacial score (nSPS) is 19.4. The predicted octanol–water partition coefficient (Wildman–Crippen LogP) is 2.97. The summed E-state index contributed by atoms with van der Waals surface area (Å²) in [7, 11) is 0. The lowest BCUT2D eigenvalue weighted by Crippen LogP contribution is -2.37. The molecule has 1 fully saturated rings. The van der Waals surface area contributed by atoms with Crippen molar-refractivity contribution in [3.05, 3.63) is 28.7 Å². The molecule has 2 rings (SSSR count). The minimum absolute atomic E-state index is 0.0175. The fourth-order valence-corrected chi connectivity index (χ4v) is 2.25. The fourth-order valence-electron chi connectivity index (χ4n) is 1.98. The lowest BCUT2D eigenvalue weighted by atomic mass is 10.2. The SMILES string of the molecule is O=C(O)N1CCC[C@H]1COc1ccc(Br)cc1. The molecular formula is C12H14BrNO3. The maximum atomic E-state index is 10.9. The number of amides is 1. The average Bonchev–Trinajstić information content (AvgIpc) is 2.76. The Morgan fingerprint density at radius 1 is 1.47 bits per heavy atom. The molecule has 1 N–H and O–H groups in total. The molecule has 1 heterocycles. The van der Waals surface area contributed by atoms with Gasteiger partial charge in [0.1, 0.15) is 12.4 Å². The van der Waals surface area contributed by atoms with Gasteiger partial charge in [0, 0.05) is 11.0 Å². The molecule has 92 valence electrons. The van der Waals surface area contributed by atoms with E-state index in [-0.39, 0.29) is 6.04 Å². The van der Waals surface area contributed by atoms with E-state index in [2.05, 4.69) is 15.9 Å². The Morgan fingerprint density at radius 3 is 2.82 bits per heavy atom. The molecule has 0 aromatic heterocycles. The maximum absolute atomic E-state index is 10.9. The molecule has 1 aliphatic heterocycles. The first kappa shape index (κ1) is 12.2. The molecule has 5 heteroatoms. The molecule has 0 aliphatic carbocycles. The number of hydrogen-bond acceptors (Lipinski definition) is 2. The van der Waals surface area contributed by atoms with Gasteiger partial charge in [0.05, 0.1) is 6.04 Å². The van der Waals surface area contributed by atoms with Crippen molar-refractivity contribution in [2.24, 2.45) is 0 Å². The summed E-state index contributed by atoms with van der Waals surface area (Å²) in [5.41, 5.74) is 0. The third kappa shape index (κ3) is 3.12. The van der Waals surface area contributed by atoms with Gasteiger partial charge in [0.2, 0.25) is 0 Å². The van der Waals surface area contributed by atoms with Crippen LogP contribution >= 0.6 is 15.9 Å². The first-order valence-corrected chi connectivity index (χ1v) is 6.34. The van der Waals surface area contributed by atoms with Crippen molar-refractivity contribution >= 4 is 22.0 Å². The third-order valence-corrected chi connectivity index (χ3v) is 3.41. The molecule has 0 saturated carbocycles. The van der Waals surface area contributed by atoms with Crippen LogP contribution in [-0.2, 0) is 0 Å². The Labute approximate surface area is 108 Å². The van der Waals surface area contributed by atoms with Gasteiger partial charge in [-0.15, -0.1) is 0 Å². The van der Waals surface area contributed by atoms with Crippen LogP contribution < -0.4 is 4.74 Å². The second-order valence-corrected chi connectivity index (χ2v) is 4.95. The number of ether oxygens (including phenoxy) is 1. The van der Waals surface area contributed by atoms with Gasteiger partial charge >= 0.3 is 6.09 Å². The van der Waals surface area contributed by atoms with E-state index in [0.717, 1.165) is 23.1 Å².